The molecule has 204 valence electrons. The highest BCUT2D eigenvalue weighted by molar-refractivity contribution is 6.18. The molecule has 0 aliphatic rings. The van der Waals surface area contributed by atoms with E-state index in [1.165, 1.54) is 0 Å². The van der Waals surface area contributed by atoms with Crippen LogP contribution >= 0.6 is 0 Å². The van der Waals surface area contributed by atoms with E-state index >= 15 is 0 Å². The highest BCUT2D eigenvalue weighted by Gasteiger charge is 2.43. The first-order valence-electron chi connectivity index (χ1n) is 10.2. The molecule has 0 aliphatic carbocycles. The maximum atomic E-state index is 14.6. The van der Waals surface area contributed by atoms with E-state index < -0.39 is 103 Å². The number of carbonyl (C=O) groups excluding carboxylic acids is 5. The van der Waals surface area contributed by atoms with Crippen molar-refractivity contribution in [2.24, 2.45) is 11.5 Å². The molecule has 0 aromatic rings. The topological polar surface area (TPSA) is 277 Å². The zero-order chi connectivity index (χ0) is 28.5. The average molecular weight is 526 g/mol. The van der Waals surface area contributed by atoms with Gasteiger partial charge in [-0.25, -0.2) is 8.78 Å². The first kappa shape index (κ1) is 32.6. The first-order chi connectivity index (χ1) is 16.4. The van der Waals surface area contributed by atoms with Crippen LogP contribution < -0.4 is 22.1 Å². The molecule has 17 heteroatoms. The Labute approximate surface area is 202 Å². The van der Waals surface area contributed by atoms with Crippen molar-refractivity contribution in [3.05, 3.63) is 0 Å². The molecule has 0 rings (SSSR count). The number of alkyl halides is 2. The van der Waals surface area contributed by atoms with Crippen molar-refractivity contribution in [2.45, 2.75) is 75.4 Å². The van der Waals surface area contributed by atoms with E-state index in [0.717, 1.165) is 13.8 Å². The van der Waals surface area contributed by atoms with Gasteiger partial charge in [0.2, 0.25) is 29.9 Å². The van der Waals surface area contributed by atoms with Crippen LogP contribution in [0.2, 0.25) is 0 Å². The van der Waals surface area contributed by atoms with Gasteiger partial charge in [-0.05, 0) is 13.8 Å². The van der Waals surface area contributed by atoms with E-state index in [0.29, 0.717) is 0 Å². The van der Waals surface area contributed by atoms with Crippen LogP contribution in [0.1, 0.15) is 26.7 Å². The number of nitrogens with one attached hydrogen (secondary N) is 2. The van der Waals surface area contributed by atoms with Gasteiger partial charge in [0.05, 0.1) is 25.0 Å². The number of ketones is 3. The number of halogens is 2. The van der Waals surface area contributed by atoms with Crippen LogP contribution in [0, 0.1) is 0 Å². The van der Waals surface area contributed by atoms with E-state index in [4.69, 9.17) is 21.7 Å². The third kappa shape index (κ3) is 9.68. The average Bonchev–Trinajstić information content (AvgIpc) is 2.78. The highest BCUT2D eigenvalue weighted by Crippen LogP contribution is 2.12. The normalized spacial score (nSPS) is 17.8. The maximum absolute atomic E-state index is 14.6. The Balaban J connectivity index is 5.74. The molecule has 0 aromatic carbocycles. The SMILES string of the molecule is C[C@@H](O)[C@H](N)C(=O)N[C@@H](CC(=O)O)C(=O)C(F)C(=O)C(F)C(=O)[C@H](CC(=O)O)NC(=O)[C@@H](N)[C@@H](C)O. The van der Waals surface area contributed by atoms with Crippen molar-refractivity contribution < 1.29 is 62.8 Å². The molecule has 0 spiro atoms. The fourth-order valence-corrected chi connectivity index (χ4v) is 2.53. The van der Waals surface area contributed by atoms with Gasteiger partial charge in [-0.3, -0.25) is 33.6 Å². The number of amides is 2. The van der Waals surface area contributed by atoms with E-state index in [9.17, 15) is 52.6 Å². The van der Waals surface area contributed by atoms with Crippen molar-refractivity contribution in [3.8, 4) is 0 Å². The van der Waals surface area contributed by atoms with E-state index in [1.807, 2.05) is 0 Å². The highest BCUT2D eigenvalue weighted by atomic mass is 19.1. The van der Waals surface area contributed by atoms with Crippen LogP contribution in [0.5, 0.6) is 0 Å². The number of rotatable bonds is 16. The summed E-state index contributed by atoms with van der Waals surface area (Å²) in [6, 6.07) is -7.90. The quantitative estimate of drug-likeness (QED) is 0.0885. The number of aliphatic carboxylic acids is 2. The molecule has 0 radical (unpaired) electrons. The van der Waals surface area contributed by atoms with E-state index in [-0.39, 0.29) is 0 Å². The molecule has 2 unspecified atom stereocenters. The number of carboxylic acid groups (broad SMARTS) is 2. The summed E-state index contributed by atoms with van der Waals surface area (Å²) < 4.78 is 29.1. The molecule has 15 nitrogen and oxygen atoms in total. The van der Waals surface area contributed by atoms with Gasteiger partial charge in [0.15, 0.2) is 11.6 Å². The molecule has 0 aromatic heterocycles. The smallest absolute Gasteiger partial charge is 0.305 e. The molecule has 0 saturated carbocycles. The number of nitrogens with two attached hydrogens (primary N) is 2. The largest absolute Gasteiger partial charge is 0.481 e. The van der Waals surface area contributed by atoms with E-state index in [2.05, 4.69) is 0 Å². The minimum atomic E-state index is -3.50. The fraction of sp³-hybridized carbons (Fsp3) is 0.632. The van der Waals surface area contributed by atoms with Gasteiger partial charge in [-0.15, -0.1) is 0 Å². The molecule has 0 bridgehead atoms. The number of aliphatic hydroxyl groups is 2. The maximum Gasteiger partial charge on any atom is 0.305 e. The summed E-state index contributed by atoms with van der Waals surface area (Å²) in [5, 5.41) is 39.8. The van der Waals surface area contributed by atoms with Crippen molar-refractivity contribution in [1.29, 1.82) is 0 Å². The molecule has 0 saturated heterocycles. The Bertz CT molecular complexity index is 815. The van der Waals surface area contributed by atoms with Crippen LogP contribution in [0.25, 0.3) is 0 Å². The van der Waals surface area contributed by atoms with Gasteiger partial charge in [-0.1, -0.05) is 0 Å². The summed E-state index contributed by atoms with van der Waals surface area (Å²) in [5.74, 6) is -12.4. The van der Waals surface area contributed by atoms with Crippen LogP contribution in [0.3, 0.4) is 0 Å². The lowest BCUT2D eigenvalue weighted by Gasteiger charge is -2.23. The molecule has 0 aliphatic heterocycles. The Morgan fingerprint density at radius 1 is 0.667 bits per heavy atom. The van der Waals surface area contributed by atoms with Gasteiger partial charge >= 0.3 is 11.9 Å². The third-order valence-electron chi connectivity index (χ3n) is 4.72. The Kier molecular flexibility index (Phi) is 12.9. The summed E-state index contributed by atoms with van der Waals surface area (Å²) in [4.78, 5) is 82.5. The third-order valence-corrected chi connectivity index (χ3v) is 4.72. The second kappa shape index (κ2) is 14.2. The van der Waals surface area contributed by atoms with Gasteiger partial charge in [0.25, 0.3) is 0 Å². The van der Waals surface area contributed by atoms with Crippen LogP contribution in [-0.4, -0.2) is 110 Å². The summed E-state index contributed by atoms with van der Waals surface area (Å²) in [6.07, 6.45) is -12.5. The number of hydrogen-bond acceptors (Lipinski definition) is 11. The Morgan fingerprint density at radius 3 is 1.17 bits per heavy atom. The van der Waals surface area contributed by atoms with Crippen LogP contribution in [0.4, 0.5) is 8.78 Å². The molecule has 10 N–H and O–H groups in total. The Hall–Kier alpha value is -3.41. The van der Waals surface area contributed by atoms with Crippen LogP contribution in [-0.2, 0) is 33.6 Å². The van der Waals surface area contributed by atoms with Gasteiger partial charge in [0.1, 0.15) is 24.2 Å². The lowest BCUT2D eigenvalue weighted by Crippen LogP contribution is -2.57. The Morgan fingerprint density at radius 2 is 0.944 bits per heavy atom. The lowest BCUT2D eigenvalue weighted by molar-refractivity contribution is -0.148. The monoisotopic (exact) mass is 526 g/mol. The van der Waals surface area contributed by atoms with Crippen molar-refractivity contribution in [1.82, 2.24) is 10.6 Å². The number of carbonyl (C=O) groups is 7. The van der Waals surface area contributed by atoms with Crippen molar-refractivity contribution in [2.75, 3.05) is 0 Å². The zero-order valence-corrected chi connectivity index (χ0v) is 19.1. The number of carboxylic acids is 2. The molecule has 2 amide bonds. The lowest BCUT2D eigenvalue weighted by atomic mass is 9.95. The number of Topliss-reactive ketones (excluding diaryl/α,β-unsaturated/α-hetero) is 3. The number of aliphatic hydroxyl groups excluding tert-OH is 2. The van der Waals surface area contributed by atoms with Crippen molar-refractivity contribution in [3.63, 3.8) is 0 Å². The summed E-state index contributed by atoms with van der Waals surface area (Å²) in [6.45, 7) is 2.14. The van der Waals surface area contributed by atoms with E-state index in [1.54, 1.807) is 10.6 Å². The van der Waals surface area contributed by atoms with Crippen LogP contribution in [0.15, 0.2) is 0 Å². The molecular weight excluding hydrogens is 498 g/mol. The molecule has 36 heavy (non-hydrogen) atoms. The first-order valence-corrected chi connectivity index (χ1v) is 10.2. The second-order valence-corrected chi connectivity index (χ2v) is 7.78. The molecule has 8 atom stereocenters. The summed E-state index contributed by atoms with van der Waals surface area (Å²) in [7, 11) is 0. The minimum Gasteiger partial charge on any atom is -0.481 e. The molecule has 0 heterocycles. The predicted octanol–water partition coefficient (Wildman–Crippen LogP) is -4.29. The molecule has 0 fully saturated rings. The number of hydrogen-bond donors (Lipinski definition) is 8. The van der Waals surface area contributed by atoms with Crippen molar-refractivity contribution >= 4 is 41.1 Å². The molecular formula is C19H28F2N4O11. The second-order valence-electron chi connectivity index (χ2n) is 7.78. The van der Waals surface area contributed by atoms with Gasteiger partial charge < -0.3 is 42.5 Å². The summed E-state index contributed by atoms with van der Waals surface area (Å²) >= 11 is 0. The zero-order valence-electron chi connectivity index (χ0n) is 19.1. The van der Waals surface area contributed by atoms with Gasteiger partial charge in [0, 0.05) is 0 Å². The summed E-state index contributed by atoms with van der Waals surface area (Å²) in [5.41, 5.74) is 10.6. The standard InChI is InChI=1S/C19H28F2N4O11/c1-5(26)13(22)18(35)24-7(3-9(28)29)15(32)11(20)17(34)12(21)16(33)8(4-10(30)31)25-19(36)14(23)6(2)27/h5-8,11-14,26-27H,3-4,22-23H2,1-2H3,(H,24,35)(H,25,36)(H,28,29)(H,30,31)/t5-,6-,7+,8+,11?,12?,13+,14+/m1/s1. The fourth-order valence-electron chi connectivity index (χ4n) is 2.53. The predicted molar refractivity (Wildman–Crippen MR) is 112 cm³/mol. The minimum absolute atomic E-state index is 1.07. The van der Waals surface area contributed by atoms with Gasteiger partial charge in [-0.2, -0.15) is 0 Å².